The summed E-state index contributed by atoms with van der Waals surface area (Å²) in [5.74, 6) is -1.59. The molecule has 2 fully saturated rings. The average molecular weight is 166 g/mol. The zero-order valence-corrected chi connectivity index (χ0v) is 6.10. The molecule has 2 saturated heterocycles. The first-order valence-electron chi connectivity index (χ1n) is 3.87. The minimum atomic E-state index is -0.429. The molecule has 3 heterocycles. The van der Waals surface area contributed by atoms with Gasteiger partial charge in [-0.2, -0.15) is 0 Å². The number of hydrogen-bond acceptors (Lipinski definition) is 4. The summed E-state index contributed by atoms with van der Waals surface area (Å²) in [4.78, 5) is 22.2. The maximum absolute atomic E-state index is 11.1. The molecule has 0 amide bonds. The number of hydrogen-bond donors (Lipinski definition) is 0. The van der Waals surface area contributed by atoms with Crippen molar-refractivity contribution >= 4 is 11.9 Å². The summed E-state index contributed by atoms with van der Waals surface area (Å²) in [7, 11) is 0. The van der Waals surface area contributed by atoms with Crippen LogP contribution in [0.3, 0.4) is 0 Å². The van der Waals surface area contributed by atoms with Gasteiger partial charge in [-0.05, 0) is 0 Å². The molecule has 3 aliphatic heterocycles. The van der Waals surface area contributed by atoms with Gasteiger partial charge in [-0.25, -0.2) is 0 Å². The summed E-state index contributed by atoms with van der Waals surface area (Å²) >= 11 is 0. The summed E-state index contributed by atoms with van der Waals surface area (Å²) in [6.45, 7) is 0. The Morgan fingerprint density at radius 3 is 2.00 bits per heavy atom. The molecule has 0 saturated carbocycles. The van der Waals surface area contributed by atoms with Crippen LogP contribution in [0.2, 0.25) is 0 Å². The molecule has 3 aliphatic rings. The van der Waals surface area contributed by atoms with Crippen molar-refractivity contribution in [1.82, 2.24) is 0 Å². The van der Waals surface area contributed by atoms with Gasteiger partial charge < -0.3 is 9.47 Å². The Morgan fingerprint density at radius 1 is 1.00 bits per heavy atom. The van der Waals surface area contributed by atoms with Gasteiger partial charge in [0.1, 0.15) is 11.8 Å². The maximum Gasteiger partial charge on any atom is 0.320 e. The zero-order valence-electron chi connectivity index (χ0n) is 6.10. The fourth-order valence-corrected chi connectivity index (χ4v) is 2.11. The van der Waals surface area contributed by atoms with E-state index in [9.17, 15) is 9.59 Å². The van der Waals surface area contributed by atoms with E-state index in [-0.39, 0.29) is 24.0 Å². The third-order valence-corrected chi connectivity index (χ3v) is 2.65. The molecule has 0 spiro atoms. The Morgan fingerprint density at radius 2 is 1.50 bits per heavy atom. The average Bonchev–Trinajstić information content (AvgIpc) is 2.64. The molecule has 62 valence electrons. The van der Waals surface area contributed by atoms with Crippen LogP contribution in [-0.2, 0) is 19.1 Å². The predicted octanol–water partition coefficient (Wildman–Crippen LogP) is -0.361. The van der Waals surface area contributed by atoms with E-state index >= 15 is 0 Å². The molecule has 3 unspecified atom stereocenters. The highest BCUT2D eigenvalue weighted by molar-refractivity contribution is 5.98. The van der Waals surface area contributed by atoms with Crippen molar-refractivity contribution in [3.8, 4) is 0 Å². The first kappa shape index (κ1) is 6.37. The van der Waals surface area contributed by atoms with E-state index in [4.69, 9.17) is 4.74 Å². The molecule has 2 bridgehead atoms. The van der Waals surface area contributed by atoms with Crippen LogP contribution in [0.4, 0.5) is 0 Å². The second-order valence-electron chi connectivity index (χ2n) is 3.24. The van der Waals surface area contributed by atoms with Crippen LogP contribution >= 0.6 is 0 Å². The molecule has 3 rings (SSSR count). The molecule has 0 radical (unpaired) electrons. The van der Waals surface area contributed by atoms with E-state index in [2.05, 4.69) is 4.74 Å². The molecular weight excluding hydrogens is 160 g/mol. The number of cyclic esters (lactones) is 2. The van der Waals surface area contributed by atoms with E-state index in [0.717, 1.165) is 0 Å². The third kappa shape index (κ3) is 0.536. The lowest BCUT2D eigenvalue weighted by Gasteiger charge is -2.08. The summed E-state index contributed by atoms with van der Waals surface area (Å²) < 4.78 is 9.86. The van der Waals surface area contributed by atoms with Crippen molar-refractivity contribution in [1.29, 1.82) is 0 Å². The van der Waals surface area contributed by atoms with E-state index in [1.54, 1.807) is 0 Å². The van der Waals surface area contributed by atoms with E-state index < -0.39 is 11.9 Å². The monoisotopic (exact) mass is 166 g/mol. The Balaban J connectivity index is 2.08. The maximum atomic E-state index is 11.1. The zero-order chi connectivity index (χ0) is 8.29. The van der Waals surface area contributed by atoms with Crippen molar-refractivity contribution in [2.24, 2.45) is 11.8 Å². The van der Waals surface area contributed by atoms with Gasteiger partial charge >= 0.3 is 11.9 Å². The number of ether oxygens (including phenoxy) is 2. The lowest BCUT2D eigenvalue weighted by atomic mass is 9.85. The van der Waals surface area contributed by atoms with Crippen molar-refractivity contribution in [3.63, 3.8) is 0 Å². The number of carbonyl (C=O) groups excluding carboxylic acids is 2. The second kappa shape index (κ2) is 1.77. The lowest BCUT2D eigenvalue weighted by Crippen LogP contribution is -2.26. The van der Waals surface area contributed by atoms with Gasteiger partial charge in [-0.3, -0.25) is 9.59 Å². The normalized spacial score (nSPS) is 48.3. The van der Waals surface area contributed by atoms with Gasteiger partial charge in [0.2, 0.25) is 0 Å². The van der Waals surface area contributed by atoms with Crippen molar-refractivity contribution in [2.45, 2.75) is 12.2 Å². The molecule has 4 nitrogen and oxygen atoms in total. The van der Waals surface area contributed by atoms with Crippen LogP contribution in [0, 0.1) is 11.8 Å². The minimum Gasteiger partial charge on any atom is -0.393 e. The Bertz CT molecular complexity index is 278. The standard InChI is InChI=1S/C8H6O4/c9-7-5-3-1-2-4(11-3)6(5)8(10)12-7/h1-6H/t3?,4?,5-,6?/m1/s1. The van der Waals surface area contributed by atoms with Crippen LogP contribution in [0.15, 0.2) is 12.2 Å². The summed E-state index contributed by atoms with van der Waals surface area (Å²) in [5.41, 5.74) is 0. The lowest BCUT2D eigenvalue weighted by molar-refractivity contribution is -0.156. The van der Waals surface area contributed by atoms with Crippen molar-refractivity contribution in [3.05, 3.63) is 12.2 Å². The van der Waals surface area contributed by atoms with Crippen LogP contribution in [0.5, 0.6) is 0 Å². The topological polar surface area (TPSA) is 52.6 Å². The van der Waals surface area contributed by atoms with Gasteiger partial charge in [0, 0.05) is 0 Å². The highest BCUT2D eigenvalue weighted by Gasteiger charge is 2.59. The van der Waals surface area contributed by atoms with Gasteiger partial charge in [0.25, 0.3) is 0 Å². The van der Waals surface area contributed by atoms with E-state index in [1.165, 1.54) is 0 Å². The predicted molar refractivity (Wildman–Crippen MR) is 35.9 cm³/mol. The molecule has 0 N–H and O–H groups in total. The first-order valence-corrected chi connectivity index (χ1v) is 3.87. The number of rotatable bonds is 0. The number of esters is 2. The molecule has 0 aliphatic carbocycles. The number of fused-ring (bicyclic) bond motifs is 5. The Hall–Kier alpha value is -1.16. The summed E-state index contributed by atoms with van der Waals surface area (Å²) in [6.07, 6.45) is 3.20. The molecule has 0 aromatic carbocycles. The smallest absolute Gasteiger partial charge is 0.320 e. The molecule has 4 heteroatoms. The SMILES string of the molecule is O=C1OC(=O)[C@@H]2C3C=CC(O3)C12. The third-order valence-electron chi connectivity index (χ3n) is 2.65. The first-order chi connectivity index (χ1) is 5.77. The highest BCUT2D eigenvalue weighted by Crippen LogP contribution is 2.43. The molecule has 0 aromatic rings. The summed E-state index contributed by atoms with van der Waals surface area (Å²) in [6, 6.07) is 0. The van der Waals surface area contributed by atoms with Gasteiger partial charge in [-0.15, -0.1) is 0 Å². The van der Waals surface area contributed by atoms with Crippen molar-refractivity contribution < 1.29 is 19.1 Å². The van der Waals surface area contributed by atoms with Gasteiger partial charge in [-0.1, -0.05) is 12.2 Å². The van der Waals surface area contributed by atoms with Crippen LogP contribution in [-0.4, -0.2) is 24.1 Å². The van der Waals surface area contributed by atoms with Crippen LogP contribution < -0.4 is 0 Å². The quantitative estimate of drug-likeness (QED) is 0.280. The Labute approximate surface area is 68.1 Å². The molecule has 0 aromatic heterocycles. The van der Waals surface area contributed by atoms with Gasteiger partial charge in [0.15, 0.2) is 0 Å². The van der Waals surface area contributed by atoms with Gasteiger partial charge in [0.05, 0.1) is 12.2 Å². The molecule has 4 atom stereocenters. The van der Waals surface area contributed by atoms with E-state index in [0.29, 0.717) is 0 Å². The second-order valence-corrected chi connectivity index (χ2v) is 3.24. The summed E-state index contributed by atoms with van der Waals surface area (Å²) in [5, 5.41) is 0. The highest BCUT2D eigenvalue weighted by atomic mass is 16.6. The fraction of sp³-hybridized carbons (Fsp3) is 0.500. The van der Waals surface area contributed by atoms with Crippen molar-refractivity contribution in [2.75, 3.05) is 0 Å². The van der Waals surface area contributed by atoms with E-state index in [1.807, 2.05) is 12.2 Å². The minimum absolute atomic E-state index is 0.223. The largest absolute Gasteiger partial charge is 0.393 e. The van der Waals surface area contributed by atoms with Crippen LogP contribution in [0.25, 0.3) is 0 Å². The molecular formula is C8H6O4. The molecule has 12 heavy (non-hydrogen) atoms. The Kier molecular flexibility index (Phi) is 0.939. The number of carbonyl (C=O) groups is 2. The fourth-order valence-electron chi connectivity index (χ4n) is 2.11. The van der Waals surface area contributed by atoms with Crippen LogP contribution in [0.1, 0.15) is 0 Å².